The molecule has 0 atom stereocenters. The van der Waals surface area contributed by atoms with Crippen molar-refractivity contribution in [2.75, 3.05) is 13.7 Å². The molecule has 16 heavy (non-hydrogen) atoms. The first-order chi connectivity index (χ1) is 7.76. The van der Waals surface area contributed by atoms with Crippen molar-refractivity contribution in [2.45, 2.75) is 26.5 Å². The summed E-state index contributed by atoms with van der Waals surface area (Å²) in [7, 11) is 1.72. The Bertz CT molecular complexity index is 333. The van der Waals surface area contributed by atoms with Gasteiger partial charge in [0.2, 0.25) is 0 Å². The summed E-state index contributed by atoms with van der Waals surface area (Å²) in [6.07, 6.45) is 1.04. The van der Waals surface area contributed by atoms with Gasteiger partial charge in [-0.3, -0.25) is 0 Å². The van der Waals surface area contributed by atoms with Crippen LogP contribution < -0.4 is 5.32 Å². The van der Waals surface area contributed by atoms with Crippen LogP contribution in [0.25, 0.3) is 0 Å². The standard InChI is InChI=1S/C14H21NO/c1-4-12(2)9-15-10-13-6-5-7-14(8-13)11-16-3/h5-8,15H,2,4,9-11H2,1,3H3. The molecule has 0 aliphatic heterocycles. The lowest BCUT2D eigenvalue weighted by Crippen LogP contribution is -2.16. The largest absolute Gasteiger partial charge is 0.380 e. The van der Waals surface area contributed by atoms with E-state index in [4.69, 9.17) is 4.74 Å². The highest BCUT2D eigenvalue weighted by molar-refractivity contribution is 5.23. The van der Waals surface area contributed by atoms with Crippen molar-refractivity contribution < 1.29 is 4.74 Å². The minimum atomic E-state index is 0.676. The van der Waals surface area contributed by atoms with Crippen LogP contribution in [0, 0.1) is 0 Å². The number of hydrogen-bond acceptors (Lipinski definition) is 2. The van der Waals surface area contributed by atoms with Gasteiger partial charge in [0.25, 0.3) is 0 Å². The van der Waals surface area contributed by atoms with Crippen molar-refractivity contribution in [2.24, 2.45) is 0 Å². The van der Waals surface area contributed by atoms with E-state index in [1.165, 1.54) is 16.7 Å². The van der Waals surface area contributed by atoms with Crippen LogP contribution in [0.4, 0.5) is 0 Å². The average Bonchev–Trinajstić information content (AvgIpc) is 2.30. The maximum atomic E-state index is 5.11. The van der Waals surface area contributed by atoms with E-state index in [2.05, 4.69) is 43.1 Å². The monoisotopic (exact) mass is 219 g/mol. The molecule has 0 fully saturated rings. The number of methoxy groups -OCH3 is 1. The van der Waals surface area contributed by atoms with Gasteiger partial charge in [-0.25, -0.2) is 0 Å². The van der Waals surface area contributed by atoms with Crippen LogP contribution in [0.1, 0.15) is 24.5 Å². The van der Waals surface area contributed by atoms with Gasteiger partial charge >= 0.3 is 0 Å². The molecule has 1 aromatic rings. The van der Waals surface area contributed by atoms with Gasteiger partial charge in [0.15, 0.2) is 0 Å². The minimum Gasteiger partial charge on any atom is -0.380 e. The zero-order chi connectivity index (χ0) is 11.8. The Labute approximate surface area is 98.3 Å². The van der Waals surface area contributed by atoms with E-state index in [1.807, 2.05) is 0 Å². The maximum Gasteiger partial charge on any atom is 0.0713 e. The smallest absolute Gasteiger partial charge is 0.0713 e. The zero-order valence-corrected chi connectivity index (χ0v) is 10.3. The fraction of sp³-hybridized carbons (Fsp3) is 0.429. The van der Waals surface area contributed by atoms with Gasteiger partial charge in [-0.15, -0.1) is 0 Å². The van der Waals surface area contributed by atoms with Crippen LogP contribution in [0.5, 0.6) is 0 Å². The van der Waals surface area contributed by atoms with E-state index in [0.717, 1.165) is 19.5 Å². The van der Waals surface area contributed by atoms with E-state index in [-0.39, 0.29) is 0 Å². The topological polar surface area (TPSA) is 21.3 Å². The van der Waals surface area contributed by atoms with E-state index < -0.39 is 0 Å². The second kappa shape index (κ2) is 7.20. The Balaban J connectivity index is 2.41. The summed E-state index contributed by atoms with van der Waals surface area (Å²) in [5.41, 5.74) is 3.75. The Morgan fingerprint density at radius 2 is 2.12 bits per heavy atom. The highest BCUT2D eigenvalue weighted by Crippen LogP contribution is 2.06. The normalized spacial score (nSPS) is 10.4. The second-order valence-corrected chi connectivity index (χ2v) is 3.96. The van der Waals surface area contributed by atoms with Gasteiger partial charge < -0.3 is 10.1 Å². The third-order valence-corrected chi connectivity index (χ3v) is 2.51. The average molecular weight is 219 g/mol. The quantitative estimate of drug-likeness (QED) is 0.712. The van der Waals surface area contributed by atoms with E-state index in [9.17, 15) is 0 Å². The zero-order valence-electron chi connectivity index (χ0n) is 10.3. The van der Waals surface area contributed by atoms with Crippen molar-refractivity contribution in [3.8, 4) is 0 Å². The predicted octanol–water partition coefficient (Wildman–Crippen LogP) is 2.89. The van der Waals surface area contributed by atoms with Crippen molar-refractivity contribution in [1.82, 2.24) is 5.32 Å². The molecule has 1 N–H and O–H groups in total. The number of ether oxygens (including phenoxy) is 1. The van der Waals surface area contributed by atoms with Crippen molar-refractivity contribution in [3.05, 3.63) is 47.5 Å². The van der Waals surface area contributed by atoms with Crippen LogP contribution in [0.3, 0.4) is 0 Å². The fourth-order valence-electron chi connectivity index (χ4n) is 1.50. The lowest BCUT2D eigenvalue weighted by molar-refractivity contribution is 0.185. The molecule has 0 bridgehead atoms. The lowest BCUT2D eigenvalue weighted by atomic mass is 10.1. The molecule has 2 heteroatoms. The van der Waals surface area contributed by atoms with Crippen LogP contribution >= 0.6 is 0 Å². The molecule has 0 amide bonds. The third-order valence-electron chi connectivity index (χ3n) is 2.51. The van der Waals surface area contributed by atoms with Crippen molar-refractivity contribution in [1.29, 1.82) is 0 Å². The summed E-state index contributed by atoms with van der Waals surface area (Å²) in [5, 5.41) is 3.38. The summed E-state index contributed by atoms with van der Waals surface area (Å²) < 4.78 is 5.11. The maximum absolute atomic E-state index is 5.11. The third kappa shape index (κ3) is 4.60. The van der Waals surface area contributed by atoms with Crippen LogP contribution in [0.2, 0.25) is 0 Å². The van der Waals surface area contributed by atoms with Crippen LogP contribution in [-0.4, -0.2) is 13.7 Å². The van der Waals surface area contributed by atoms with Crippen molar-refractivity contribution in [3.63, 3.8) is 0 Å². The highest BCUT2D eigenvalue weighted by atomic mass is 16.5. The minimum absolute atomic E-state index is 0.676. The van der Waals surface area contributed by atoms with Crippen molar-refractivity contribution >= 4 is 0 Å². The van der Waals surface area contributed by atoms with Gasteiger partial charge in [0.1, 0.15) is 0 Å². The molecule has 0 spiro atoms. The number of rotatable bonds is 7. The summed E-state index contributed by atoms with van der Waals surface area (Å²) in [4.78, 5) is 0. The van der Waals surface area contributed by atoms with Crippen LogP contribution in [0.15, 0.2) is 36.4 Å². The fourth-order valence-corrected chi connectivity index (χ4v) is 1.50. The Kier molecular flexibility index (Phi) is 5.83. The molecule has 0 aliphatic rings. The number of hydrogen-bond donors (Lipinski definition) is 1. The van der Waals surface area contributed by atoms with Gasteiger partial charge in [-0.1, -0.05) is 43.3 Å². The summed E-state index contributed by atoms with van der Waals surface area (Å²) in [6, 6.07) is 8.45. The molecule has 0 aromatic heterocycles. The van der Waals surface area contributed by atoms with Gasteiger partial charge in [0, 0.05) is 20.2 Å². The Morgan fingerprint density at radius 1 is 1.38 bits per heavy atom. The Morgan fingerprint density at radius 3 is 2.81 bits per heavy atom. The second-order valence-electron chi connectivity index (χ2n) is 3.96. The van der Waals surface area contributed by atoms with E-state index in [1.54, 1.807) is 7.11 Å². The SMILES string of the molecule is C=C(CC)CNCc1cccc(COC)c1. The van der Waals surface area contributed by atoms with E-state index >= 15 is 0 Å². The van der Waals surface area contributed by atoms with Crippen LogP contribution in [-0.2, 0) is 17.9 Å². The first-order valence-electron chi connectivity index (χ1n) is 5.70. The predicted molar refractivity (Wildman–Crippen MR) is 68.3 cm³/mol. The summed E-state index contributed by atoms with van der Waals surface area (Å²) >= 11 is 0. The first kappa shape index (κ1) is 12.9. The van der Waals surface area contributed by atoms with Gasteiger partial charge in [-0.2, -0.15) is 0 Å². The molecular formula is C14H21NO. The molecule has 0 radical (unpaired) electrons. The number of benzene rings is 1. The highest BCUT2D eigenvalue weighted by Gasteiger charge is 1.96. The summed E-state index contributed by atoms with van der Waals surface area (Å²) in [5.74, 6) is 0. The lowest BCUT2D eigenvalue weighted by Gasteiger charge is -2.07. The molecule has 0 heterocycles. The molecule has 0 saturated carbocycles. The molecule has 1 rings (SSSR count). The molecule has 88 valence electrons. The first-order valence-corrected chi connectivity index (χ1v) is 5.70. The summed E-state index contributed by atoms with van der Waals surface area (Å²) in [6.45, 7) is 8.55. The van der Waals surface area contributed by atoms with Gasteiger partial charge in [-0.05, 0) is 17.5 Å². The van der Waals surface area contributed by atoms with Gasteiger partial charge in [0.05, 0.1) is 6.61 Å². The number of nitrogens with one attached hydrogen (secondary N) is 1. The molecule has 1 aromatic carbocycles. The Hall–Kier alpha value is -1.12. The van der Waals surface area contributed by atoms with E-state index in [0.29, 0.717) is 6.61 Å². The molecule has 2 nitrogen and oxygen atoms in total. The molecule has 0 aliphatic carbocycles. The molecule has 0 saturated heterocycles. The molecular weight excluding hydrogens is 198 g/mol. The molecule has 0 unspecified atom stereocenters.